The normalized spacial score (nSPS) is 17.4. The minimum Gasteiger partial charge on any atom is -0.353 e. The first-order valence-corrected chi connectivity index (χ1v) is 6.51. The van der Waals surface area contributed by atoms with Gasteiger partial charge in [-0.1, -0.05) is 0 Å². The van der Waals surface area contributed by atoms with E-state index in [1.54, 1.807) is 0 Å². The SMILES string of the molecule is O=C(CCN1C(=O)C(=O)c2ccc(F)cc21)NC1CC1. The molecule has 3 rings (SSSR count). The summed E-state index contributed by atoms with van der Waals surface area (Å²) in [7, 11) is 0. The number of hydrogen-bond acceptors (Lipinski definition) is 3. The Labute approximate surface area is 114 Å². The molecule has 6 heteroatoms. The number of nitrogens with zero attached hydrogens (tertiary/aromatic N) is 1. The van der Waals surface area contributed by atoms with Gasteiger partial charge in [0.1, 0.15) is 5.82 Å². The van der Waals surface area contributed by atoms with Gasteiger partial charge >= 0.3 is 0 Å². The zero-order chi connectivity index (χ0) is 14.3. The second-order valence-corrected chi connectivity index (χ2v) is 5.04. The summed E-state index contributed by atoms with van der Waals surface area (Å²) >= 11 is 0. The molecule has 20 heavy (non-hydrogen) atoms. The van der Waals surface area contributed by atoms with E-state index < -0.39 is 17.5 Å². The third kappa shape index (κ3) is 2.29. The van der Waals surface area contributed by atoms with Crippen LogP contribution < -0.4 is 10.2 Å². The zero-order valence-corrected chi connectivity index (χ0v) is 10.7. The lowest BCUT2D eigenvalue weighted by atomic mass is 10.1. The van der Waals surface area contributed by atoms with Crippen molar-refractivity contribution in [3.8, 4) is 0 Å². The number of ketones is 1. The molecule has 104 valence electrons. The first-order chi connectivity index (χ1) is 9.56. The molecule has 0 atom stereocenters. The quantitative estimate of drug-likeness (QED) is 0.835. The van der Waals surface area contributed by atoms with E-state index in [1.165, 1.54) is 11.0 Å². The van der Waals surface area contributed by atoms with Gasteiger partial charge in [0, 0.05) is 19.0 Å². The van der Waals surface area contributed by atoms with Crippen molar-refractivity contribution in [3.63, 3.8) is 0 Å². The number of nitrogens with one attached hydrogen (secondary N) is 1. The molecule has 1 aliphatic heterocycles. The smallest absolute Gasteiger partial charge is 0.299 e. The van der Waals surface area contributed by atoms with Gasteiger partial charge in [0.2, 0.25) is 5.91 Å². The van der Waals surface area contributed by atoms with E-state index in [1.807, 2.05) is 0 Å². The Kier molecular flexibility index (Phi) is 3.00. The van der Waals surface area contributed by atoms with Crippen molar-refractivity contribution in [2.45, 2.75) is 25.3 Å². The largest absolute Gasteiger partial charge is 0.353 e. The highest BCUT2D eigenvalue weighted by molar-refractivity contribution is 6.52. The van der Waals surface area contributed by atoms with Crippen LogP contribution in [-0.2, 0) is 9.59 Å². The molecular formula is C14H13FN2O3. The topological polar surface area (TPSA) is 66.5 Å². The summed E-state index contributed by atoms with van der Waals surface area (Å²) in [6.45, 7) is 0.0829. The highest BCUT2D eigenvalue weighted by Crippen LogP contribution is 2.29. The molecule has 1 aromatic rings. The van der Waals surface area contributed by atoms with Gasteiger partial charge in [0.05, 0.1) is 11.3 Å². The Morgan fingerprint density at radius 1 is 1.35 bits per heavy atom. The first kappa shape index (κ1) is 12.8. The van der Waals surface area contributed by atoms with Crippen LogP contribution in [0.3, 0.4) is 0 Å². The number of benzene rings is 1. The number of anilines is 1. The maximum atomic E-state index is 13.2. The van der Waals surface area contributed by atoms with Crippen molar-refractivity contribution in [3.05, 3.63) is 29.6 Å². The Morgan fingerprint density at radius 2 is 2.10 bits per heavy atom. The van der Waals surface area contributed by atoms with E-state index in [0.29, 0.717) is 0 Å². The molecule has 1 heterocycles. The van der Waals surface area contributed by atoms with Crippen LogP contribution in [0.25, 0.3) is 0 Å². The van der Waals surface area contributed by atoms with Crippen molar-refractivity contribution < 1.29 is 18.8 Å². The molecule has 1 saturated carbocycles. The van der Waals surface area contributed by atoms with Gasteiger partial charge in [-0.2, -0.15) is 0 Å². The summed E-state index contributed by atoms with van der Waals surface area (Å²) in [5.41, 5.74) is 0.443. The number of amides is 2. The van der Waals surface area contributed by atoms with E-state index in [9.17, 15) is 18.8 Å². The fourth-order valence-corrected chi connectivity index (χ4v) is 2.23. The van der Waals surface area contributed by atoms with Gasteiger partial charge in [-0.15, -0.1) is 0 Å². The Balaban J connectivity index is 1.73. The molecule has 1 fully saturated rings. The summed E-state index contributed by atoms with van der Waals surface area (Å²) < 4.78 is 13.2. The minimum atomic E-state index is -0.704. The molecule has 0 spiro atoms. The summed E-state index contributed by atoms with van der Waals surface area (Å²) in [6.07, 6.45) is 2.08. The average molecular weight is 276 g/mol. The molecule has 2 amide bonds. The van der Waals surface area contributed by atoms with Gasteiger partial charge in [-0.25, -0.2) is 4.39 Å². The molecule has 1 aliphatic carbocycles. The second-order valence-electron chi connectivity index (χ2n) is 5.04. The first-order valence-electron chi connectivity index (χ1n) is 6.51. The van der Waals surface area contributed by atoms with Crippen LogP contribution >= 0.6 is 0 Å². The molecule has 1 N–H and O–H groups in total. The third-order valence-electron chi connectivity index (χ3n) is 3.44. The van der Waals surface area contributed by atoms with Crippen molar-refractivity contribution >= 4 is 23.3 Å². The van der Waals surface area contributed by atoms with Gasteiger partial charge in [0.25, 0.3) is 11.7 Å². The van der Waals surface area contributed by atoms with E-state index in [4.69, 9.17) is 0 Å². The molecule has 0 aromatic heterocycles. The maximum Gasteiger partial charge on any atom is 0.299 e. The van der Waals surface area contributed by atoms with Gasteiger partial charge in [0.15, 0.2) is 0 Å². The summed E-state index contributed by atoms with van der Waals surface area (Å²) in [5.74, 6) is -2.02. The lowest BCUT2D eigenvalue weighted by Gasteiger charge is -2.16. The van der Waals surface area contributed by atoms with E-state index >= 15 is 0 Å². The number of fused-ring (bicyclic) bond motifs is 1. The van der Waals surface area contributed by atoms with Crippen LogP contribution in [0.5, 0.6) is 0 Å². The Hall–Kier alpha value is -2.24. The lowest BCUT2D eigenvalue weighted by Crippen LogP contribution is -2.35. The number of carbonyl (C=O) groups excluding carboxylic acids is 3. The standard InChI is InChI=1S/C14H13FN2O3/c15-8-1-4-10-11(7-8)17(14(20)13(10)19)6-5-12(18)16-9-2-3-9/h1,4,7,9H,2-3,5-6H2,(H,16,18). The number of Topliss-reactive ketones (excluding diaryl/α,β-unsaturated/α-hetero) is 1. The van der Waals surface area contributed by atoms with Crippen LogP contribution in [0.4, 0.5) is 10.1 Å². The number of carbonyl (C=O) groups is 3. The van der Waals surface area contributed by atoms with Crippen LogP contribution in [0.2, 0.25) is 0 Å². The summed E-state index contributed by atoms with van der Waals surface area (Å²) in [4.78, 5) is 36.4. The fraction of sp³-hybridized carbons (Fsp3) is 0.357. The highest BCUT2D eigenvalue weighted by atomic mass is 19.1. The van der Waals surface area contributed by atoms with Gasteiger partial charge in [-0.05, 0) is 31.0 Å². The number of hydrogen-bond donors (Lipinski definition) is 1. The molecule has 0 unspecified atom stereocenters. The van der Waals surface area contributed by atoms with E-state index in [-0.39, 0.29) is 36.2 Å². The molecule has 0 bridgehead atoms. The lowest BCUT2D eigenvalue weighted by molar-refractivity contribution is -0.121. The van der Waals surface area contributed by atoms with Crippen molar-refractivity contribution in [2.75, 3.05) is 11.4 Å². The predicted octanol–water partition coefficient (Wildman–Crippen LogP) is 1.02. The van der Waals surface area contributed by atoms with Gasteiger partial charge < -0.3 is 10.2 Å². The van der Waals surface area contributed by atoms with E-state index in [2.05, 4.69) is 5.32 Å². The number of rotatable bonds is 4. The van der Waals surface area contributed by atoms with Crippen LogP contribution in [0.15, 0.2) is 18.2 Å². The van der Waals surface area contributed by atoms with Gasteiger partial charge in [-0.3, -0.25) is 14.4 Å². The predicted molar refractivity (Wildman–Crippen MR) is 68.9 cm³/mol. The third-order valence-corrected chi connectivity index (χ3v) is 3.44. The molecule has 2 aliphatic rings. The zero-order valence-electron chi connectivity index (χ0n) is 10.7. The number of halogens is 1. The summed E-state index contributed by atoms with van der Waals surface area (Å²) in [5, 5.41) is 2.80. The Bertz CT molecular complexity index is 610. The fourth-order valence-electron chi connectivity index (χ4n) is 2.23. The summed E-state index contributed by atoms with van der Waals surface area (Å²) in [6, 6.07) is 3.85. The maximum absolute atomic E-state index is 13.2. The van der Waals surface area contributed by atoms with E-state index in [0.717, 1.165) is 25.0 Å². The van der Waals surface area contributed by atoms with Crippen molar-refractivity contribution in [2.24, 2.45) is 0 Å². The van der Waals surface area contributed by atoms with Crippen molar-refractivity contribution in [1.82, 2.24) is 5.32 Å². The molecule has 1 aromatic carbocycles. The molecular weight excluding hydrogens is 263 g/mol. The highest BCUT2D eigenvalue weighted by Gasteiger charge is 2.36. The molecule has 0 radical (unpaired) electrons. The second kappa shape index (κ2) is 4.70. The Morgan fingerprint density at radius 3 is 2.80 bits per heavy atom. The van der Waals surface area contributed by atoms with Crippen molar-refractivity contribution in [1.29, 1.82) is 0 Å². The van der Waals surface area contributed by atoms with Crippen LogP contribution in [0.1, 0.15) is 29.6 Å². The molecule has 0 saturated heterocycles. The minimum absolute atomic E-state index is 0.0829. The monoisotopic (exact) mass is 276 g/mol. The van der Waals surface area contributed by atoms with Crippen LogP contribution in [-0.4, -0.2) is 30.2 Å². The molecule has 5 nitrogen and oxygen atoms in total. The van der Waals surface area contributed by atoms with Crippen LogP contribution in [0, 0.1) is 5.82 Å². The average Bonchev–Trinajstić information content (AvgIpc) is 3.18.